The van der Waals surface area contributed by atoms with Crippen LogP contribution in [0.2, 0.25) is 5.02 Å². The number of thioether (sulfide) groups is 1. The molecule has 0 aliphatic rings. The molecule has 0 radical (unpaired) electrons. The monoisotopic (exact) mass is 378 g/mol. The fraction of sp³-hybridized carbons (Fsp3) is 0.200. The molecule has 0 bridgehead atoms. The number of halogens is 1. The Hall–Kier alpha value is -2.08. The lowest BCUT2D eigenvalue weighted by atomic mass is 10.2. The Balaban J connectivity index is 1.68. The fourth-order valence-electron chi connectivity index (χ4n) is 1.95. The van der Waals surface area contributed by atoms with Crippen LogP contribution in [0.3, 0.4) is 0 Å². The van der Waals surface area contributed by atoms with Crippen LogP contribution in [0.1, 0.15) is 6.42 Å². The number of rotatable bonds is 6. The molecule has 0 atom stereocenters. The fourth-order valence-corrected chi connectivity index (χ4v) is 3.97. The van der Waals surface area contributed by atoms with Gasteiger partial charge in [-0.1, -0.05) is 41.6 Å². The van der Waals surface area contributed by atoms with Crippen LogP contribution in [0.15, 0.2) is 33.9 Å². The van der Waals surface area contributed by atoms with E-state index in [1.54, 1.807) is 0 Å². The highest BCUT2D eigenvalue weighted by Gasteiger charge is 2.18. The number of benzene rings is 1. The van der Waals surface area contributed by atoms with Crippen LogP contribution in [-0.2, 0) is 4.79 Å². The van der Waals surface area contributed by atoms with Gasteiger partial charge in [-0.05, 0) is 6.07 Å². The van der Waals surface area contributed by atoms with Crippen LogP contribution >= 0.6 is 34.7 Å². The van der Waals surface area contributed by atoms with Gasteiger partial charge in [0.15, 0.2) is 0 Å². The summed E-state index contributed by atoms with van der Waals surface area (Å²) in [6.45, 7) is 0.336. The summed E-state index contributed by atoms with van der Waals surface area (Å²) in [7, 11) is 0. The molecule has 6 nitrogen and oxygen atoms in total. The topological polar surface area (TPSA) is 91.8 Å². The molecule has 9 heteroatoms. The van der Waals surface area contributed by atoms with Gasteiger partial charge in [0, 0.05) is 16.6 Å². The van der Waals surface area contributed by atoms with Crippen molar-refractivity contribution in [3.63, 3.8) is 0 Å². The minimum atomic E-state index is -0.185. The Morgan fingerprint density at radius 1 is 1.42 bits per heavy atom. The Morgan fingerprint density at radius 2 is 2.25 bits per heavy atom. The van der Waals surface area contributed by atoms with Crippen molar-refractivity contribution in [2.24, 2.45) is 0 Å². The molecule has 0 saturated carbocycles. The van der Waals surface area contributed by atoms with Crippen molar-refractivity contribution < 1.29 is 9.21 Å². The summed E-state index contributed by atoms with van der Waals surface area (Å²) in [4.78, 5) is 12.3. The van der Waals surface area contributed by atoms with Crippen molar-refractivity contribution in [2.75, 3.05) is 12.3 Å². The summed E-state index contributed by atoms with van der Waals surface area (Å²) in [6.07, 6.45) is 0.283. The van der Waals surface area contributed by atoms with E-state index in [1.165, 1.54) is 11.3 Å². The van der Waals surface area contributed by atoms with Gasteiger partial charge in [-0.3, -0.25) is 4.79 Å². The van der Waals surface area contributed by atoms with Gasteiger partial charge in [0.25, 0.3) is 11.1 Å². The third-order valence-corrected chi connectivity index (χ3v) is 5.50. The number of nitrogens with zero attached hydrogens (tertiary/aromatic N) is 3. The third kappa shape index (κ3) is 3.70. The Morgan fingerprint density at radius 3 is 3.04 bits per heavy atom. The Kier molecular flexibility index (Phi) is 5.35. The van der Waals surface area contributed by atoms with Gasteiger partial charge in [0.1, 0.15) is 4.88 Å². The lowest BCUT2D eigenvalue weighted by molar-refractivity contribution is -0.118. The van der Waals surface area contributed by atoms with Crippen LogP contribution in [0.5, 0.6) is 0 Å². The van der Waals surface area contributed by atoms with E-state index in [0.29, 0.717) is 22.7 Å². The SMILES string of the molecule is N#CCCNC(=O)CSc1nnc(-c2sc3ccccc3c2Cl)o1. The maximum Gasteiger partial charge on any atom is 0.277 e. The molecular weight excluding hydrogens is 368 g/mol. The van der Waals surface area contributed by atoms with Crippen LogP contribution < -0.4 is 5.32 Å². The van der Waals surface area contributed by atoms with Crippen LogP contribution in [-0.4, -0.2) is 28.4 Å². The summed E-state index contributed by atoms with van der Waals surface area (Å²) >= 11 is 9.01. The molecule has 0 fully saturated rings. The molecule has 0 aliphatic heterocycles. The number of carbonyl (C=O) groups excluding carboxylic acids is 1. The van der Waals surface area contributed by atoms with E-state index in [1.807, 2.05) is 30.3 Å². The second kappa shape index (κ2) is 7.66. The largest absolute Gasteiger partial charge is 0.410 e. The van der Waals surface area contributed by atoms with Gasteiger partial charge >= 0.3 is 0 Å². The number of fused-ring (bicyclic) bond motifs is 1. The van der Waals surface area contributed by atoms with E-state index < -0.39 is 0 Å². The average molecular weight is 379 g/mol. The summed E-state index contributed by atoms with van der Waals surface area (Å²) in [6, 6.07) is 9.74. The molecule has 1 N–H and O–H groups in total. The lowest BCUT2D eigenvalue weighted by Gasteiger charge is -1.99. The predicted octanol–water partition coefficient (Wildman–Crippen LogP) is 3.73. The van der Waals surface area contributed by atoms with Gasteiger partial charge in [-0.25, -0.2) is 0 Å². The molecule has 2 heterocycles. The van der Waals surface area contributed by atoms with Crippen molar-refractivity contribution in [3.8, 4) is 16.8 Å². The number of nitrogens with one attached hydrogen (secondary N) is 1. The van der Waals surface area contributed by atoms with E-state index in [9.17, 15) is 4.79 Å². The van der Waals surface area contributed by atoms with E-state index in [0.717, 1.165) is 26.7 Å². The van der Waals surface area contributed by atoms with Crippen molar-refractivity contribution in [1.29, 1.82) is 5.26 Å². The second-order valence-electron chi connectivity index (χ2n) is 4.66. The number of thiophene rings is 1. The first-order chi connectivity index (χ1) is 11.7. The molecule has 2 aromatic heterocycles. The van der Waals surface area contributed by atoms with Crippen LogP contribution in [0.25, 0.3) is 20.9 Å². The minimum Gasteiger partial charge on any atom is -0.410 e. The number of amides is 1. The van der Waals surface area contributed by atoms with Crippen LogP contribution in [0.4, 0.5) is 0 Å². The normalized spacial score (nSPS) is 10.7. The number of hydrogen-bond acceptors (Lipinski definition) is 7. The number of aromatic nitrogens is 2. The maximum absolute atomic E-state index is 11.6. The number of nitriles is 1. The van der Waals surface area contributed by atoms with E-state index in [4.69, 9.17) is 21.3 Å². The summed E-state index contributed by atoms with van der Waals surface area (Å²) in [5.41, 5.74) is 0. The van der Waals surface area contributed by atoms with Gasteiger partial charge in [0.2, 0.25) is 5.91 Å². The zero-order valence-corrected chi connectivity index (χ0v) is 14.7. The lowest BCUT2D eigenvalue weighted by Crippen LogP contribution is -2.25. The van der Waals surface area contributed by atoms with Gasteiger partial charge in [0.05, 0.1) is 23.3 Å². The van der Waals surface area contributed by atoms with E-state index >= 15 is 0 Å². The summed E-state index contributed by atoms with van der Waals surface area (Å²) < 4.78 is 6.63. The molecular formula is C15H11ClN4O2S2. The molecule has 3 aromatic rings. The molecule has 24 heavy (non-hydrogen) atoms. The molecule has 0 saturated heterocycles. The zero-order chi connectivity index (χ0) is 16.9. The summed E-state index contributed by atoms with van der Waals surface area (Å²) in [5.74, 6) is 0.302. The van der Waals surface area contributed by atoms with Gasteiger partial charge in [-0.15, -0.1) is 21.5 Å². The second-order valence-corrected chi connectivity index (χ2v) is 7.02. The minimum absolute atomic E-state index is 0.146. The Labute approximate surface area is 150 Å². The number of hydrogen-bond donors (Lipinski definition) is 1. The van der Waals surface area contributed by atoms with Crippen molar-refractivity contribution >= 4 is 50.7 Å². The molecule has 122 valence electrons. The van der Waals surface area contributed by atoms with Gasteiger partial charge in [-0.2, -0.15) is 5.26 Å². The standard InChI is InChI=1S/C15H11ClN4O2S2/c16-12-9-4-1-2-5-10(9)24-13(12)14-19-20-15(22-14)23-8-11(21)18-7-3-6-17/h1-2,4-5H,3,7-8H2,(H,18,21). The predicted molar refractivity (Wildman–Crippen MR) is 94.1 cm³/mol. The molecule has 0 unspecified atom stereocenters. The molecule has 0 spiro atoms. The first kappa shape index (κ1) is 16.8. The molecule has 1 aromatic carbocycles. The average Bonchev–Trinajstić information content (AvgIpc) is 3.18. The van der Waals surface area contributed by atoms with Gasteiger partial charge < -0.3 is 9.73 Å². The highest BCUT2D eigenvalue weighted by atomic mass is 35.5. The highest BCUT2D eigenvalue weighted by molar-refractivity contribution is 7.99. The zero-order valence-electron chi connectivity index (χ0n) is 12.3. The first-order valence-electron chi connectivity index (χ1n) is 6.96. The maximum atomic E-state index is 11.6. The van der Waals surface area contributed by atoms with Crippen LogP contribution in [0, 0.1) is 11.3 Å². The quantitative estimate of drug-likeness (QED) is 0.519. The first-order valence-corrected chi connectivity index (χ1v) is 9.14. The van der Waals surface area contributed by atoms with Crippen molar-refractivity contribution in [3.05, 3.63) is 29.3 Å². The van der Waals surface area contributed by atoms with Crippen molar-refractivity contribution in [2.45, 2.75) is 11.6 Å². The third-order valence-electron chi connectivity index (χ3n) is 3.02. The van der Waals surface area contributed by atoms with Crippen molar-refractivity contribution in [1.82, 2.24) is 15.5 Å². The highest BCUT2D eigenvalue weighted by Crippen LogP contribution is 2.41. The smallest absolute Gasteiger partial charge is 0.277 e. The summed E-state index contributed by atoms with van der Waals surface area (Å²) in [5, 5.41) is 20.8. The van der Waals surface area contributed by atoms with E-state index in [2.05, 4.69) is 15.5 Å². The Bertz CT molecular complexity index is 916. The molecule has 0 aliphatic carbocycles. The van der Waals surface area contributed by atoms with E-state index in [-0.39, 0.29) is 18.1 Å². The number of carbonyl (C=O) groups is 1. The molecule has 1 amide bonds. The molecule has 3 rings (SSSR count).